The minimum atomic E-state index is -0.651. The van der Waals surface area contributed by atoms with E-state index in [1.807, 2.05) is 30.3 Å². The first kappa shape index (κ1) is 22.0. The Hall–Kier alpha value is -4.20. The summed E-state index contributed by atoms with van der Waals surface area (Å²) < 4.78 is 10.7. The summed E-state index contributed by atoms with van der Waals surface area (Å²) in [7, 11) is 1.37. The van der Waals surface area contributed by atoms with Crippen molar-refractivity contribution in [2.24, 2.45) is 5.92 Å². The SMILES string of the molecule is COc1cc([N+](=O)[O-])ccc1N1C[C@@H](C(=O)Oc2ccc(Cc3ccccc3)cc2)CC1=O. The third-order valence-electron chi connectivity index (χ3n) is 5.52. The minimum Gasteiger partial charge on any atom is -0.494 e. The molecule has 1 aliphatic heterocycles. The van der Waals surface area contributed by atoms with Crippen LogP contribution < -0.4 is 14.4 Å². The molecule has 0 spiro atoms. The minimum absolute atomic E-state index is 0.00886. The number of amides is 1. The summed E-state index contributed by atoms with van der Waals surface area (Å²) in [5.41, 5.74) is 2.52. The maximum Gasteiger partial charge on any atom is 0.316 e. The van der Waals surface area contributed by atoms with E-state index in [0.717, 1.165) is 12.0 Å². The number of rotatable bonds is 7. The van der Waals surface area contributed by atoms with Crippen LogP contribution in [-0.2, 0) is 16.0 Å². The van der Waals surface area contributed by atoms with Crippen LogP contribution in [-0.4, -0.2) is 30.5 Å². The van der Waals surface area contributed by atoms with Crippen molar-refractivity contribution >= 4 is 23.3 Å². The van der Waals surface area contributed by atoms with Gasteiger partial charge in [0.25, 0.3) is 5.69 Å². The van der Waals surface area contributed by atoms with Gasteiger partial charge in [-0.3, -0.25) is 19.7 Å². The smallest absolute Gasteiger partial charge is 0.316 e. The van der Waals surface area contributed by atoms with E-state index in [1.54, 1.807) is 12.1 Å². The number of benzene rings is 3. The lowest BCUT2D eigenvalue weighted by Gasteiger charge is -2.19. The van der Waals surface area contributed by atoms with Gasteiger partial charge in [-0.1, -0.05) is 42.5 Å². The van der Waals surface area contributed by atoms with Gasteiger partial charge in [0.2, 0.25) is 5.91 Å². The van der Waals surface area contributed by atoms with Crippen molar-refractivity contribution in [2.45, 2.75) is 12.8 Å². The van der Waals surface area contributed by atoms with Gasteiger partial charge in [-0.25, -0.2) is 0 Å². The van der Waals surface area contributed by atoms with E-state index in [4.69, 9.17) is 9.47 Å². The molecule has 3 aromatic rings. The van der Waals surface area contributed by atoms with Gasteiger partial charge < -0.3 is 14.4 Å². The van der Waals surface area contributed by atoms with Crippen molar-refractivity contribution < 1.29 is 24.0 Å². The third kappa shape index (κ3) is 5.01. The van der Waals surface area contributed by atoms with Gasteiger partial charge in [-0.05, 0) is 35.7 Å². The molecular formula is C25H22N2O6. The normalized spacial score (nSPS) is 15.4. The number of carbonyl (C=O) groups is 2. The fraction of sp³-hybridized carbons (Fsp3) is 0.200. The molecule has 0 radical (unpaired) electrons. The highest BCUT2D eigenvalue weighted by Crippen LogP contribution is 2.36. The Labute approximate surface area is 190 Å². The molecule has 1 saturated heterocycles. The Balaban J connectivity index is 1.41. The Morgan fingerprint density at radius 3 is 2.42 bits per heavy atom. The Kier molecular flexibility index (Phi) is 6.35. The topological polar surface area (TPSA) is 99.0 Å². The molecule has 1 amide bonds. The number of esters is 1. The van der Waals surface area contributed by atoms with Gasteiger partial charge in [0.1, 0.15) is 11.5 Å². The van der Waals surface area contributed by atoms with E-state index in [0.29, 0.717) is 11.4 Å². The van der Waals surface area contributed by atoms with E-state index < -0.39 is 16.8 Å². The van der Waals surface area contributed by atoms with Crippen molar-refractivity contribution in [3.05, 3.63) is 94.0 Å². The molecule has 1 atom stereocenters. The van der Waals surface area contributed by atoms with Crippen LogP contribution in [0.2, 0.25) is 0 Å². The highest BCUT2D eigenvalue weighted by molar-refractivity contribution is 6.00. The average molecular weight is 446 g/mol. The van der Waals surface area contributed by atoms with Crippen molar-refractivity contribution in [1.29, 1.82) is 0 Å². The number of nitrogens with zero attached hydrogens (tertiary/aromatic N) is 2. The molecule has 0 saturated carbocycles. The van der Waals surface area contributed by atoms with E-state index in [2.05, 4.69) is 12.1 Å². The number of carbonyl (C=O) groups excluding carboxylic acids is 2. The Morgan fingerprint density at radius 2 is 1.76 bits per heavy atom. The van der Waals surface area contributed by atoms with Crippen LogP contribution in [0.4, 0.5) is 11.4 Å². The molecular weight excluding hydrogens is 424 g/mol. The molecule has 8 heteroatoms. The lowest BCUT2D eigenvalue weighted by Crippen LogP contribution is -2.27. The number of non-ortho nitro benzene ring substituents is 1. The molecule has 0 aliphatic carbocycles. The van der Waals surface area contributed by atoms with E-state index in [9.17, 15) is 19.7 Å². The Bertz CT molecular complexity index is 1180. The molecule has 1 aliphatic rings. The number of anilines is 1. The zero-order valence-electron chi connectivity index (χ0n) is 18.0. The van der Waals surface area contributed by atoms with Gasteiger partial charge in [-0.15, -0.1) is 0 Å². The first-order chi connectivity index (χ1) is 15.9. The lowest BCUT2D eigenvalue weighted by atomic mass is 10.1. The van der Waals surface area contributed by atoms with Crippen molar-refractivity contribution in [3.63, 3.8) is 0 Å². The van der Waals surface area contributed by atoms with Gasteiger partial charge in [0.05, 0.1) is 29.7 Å². The molecule has 1 heterocycles. The highest BCUT2D eigenvalue weighted by atomic mass is 16.6. The van der Waals surface area contributed by atoms with Crippen molar-refractivity contribution in [1.82, 2.24) is 0 Å². The van der Waals surface area contributed by atoms with E-state index >= 15 is 0 Å². The second-order valence-electron chi connectivity index (χ2n) is 7.75. The summed E-state index contributed by atoms with van der Waals surface area (Å²) in [5, 5.41) is 11.0. The highest BCUT2D eigenvalue weighted by Gasteiger charge is 2.37. The van der Waals surface area contributed by atoms with Crippen LogP contribution in [0.5, 0.6) is 11.5 Å². The number of nitro groups is 1. The Morgan fingerprint density at radius 1 is 1.06 bits per heavy atom. The van der Waals surface area contributed by atoms with Crippen LogP contribution in [0.15, 0.2) is 72.8 Å². The standard InChI is InChI=1S/C25H22N2O6/c1-32-23-15-20(27(30)31)9-12-22(23)26-16-19(14-24(26)28)25(29)33-21-10-7-18(8-11-21)13-17-5-3-2-4-6-17/h2-12,15,19H,13-14,16H2,1H3/t19-/m0/s1. The summed E-state index contributed by atoms with van der Waals surface area (Å²) in [6.07, 6.45) is 0.767. The van der Waals surface area contributed by atoms with Crippen LogP contribution >= 0.6 is 0 Å². The van der Waals surface area contributed by atoms with E-state index in [1.165, 1.54) is 35.8 Å². The number of nitro benzene ring substituents is 1. The van der Waals surface area contributed by atoms with E-state index in [-0.39, 0.29) is 30.3 Å². The molecule has 1 fully saturated rings. The van der Waals surface area contributed by atoms with Crippen molar-refractivity contribution in [3.8, 4) is 11.5 Å². The van der Waals surface area contributed by atoms with Gasteiger partial charge in [0.15, 0.2) is 0 Å². The fourth-order valence-electron chi connectivity index (χ4n) is 3.81. The number of hydrogen-bond acceptors (Lipinski definition) is 6. The number of methoxy groups -OCH3 is 1. The maximum atomic E-state index is 12.7. The van der Waals surface area contributed by atoms with Crippen molar-refractivity contribution in [2.75, 3.05) is 18.6 Å². The van der Waals surface area contributed by atoms with Crippen LogP contribution in [0, 0.1) is 16.0 Å². The van der Waals surface area contributed by atoms with Gasteiger partial charge in [-0.2, -0.15) is 0 Å². The van der Waals surface area contributed by atoms with Gasteiger partial charge in [0, 0.05) is 19.0 Å². The fourth-order valence-corrected chi connectivity index (χ4v) is 3.81. The second-order valence-corrected chi connectivity index (χ2v) is 7.75. The molecule has 33 heavy (non-hydrogen) atoms. The molecule has 8 nitrogen and oxygen atoms in total. The second kappa shape index (κ2) is 9.52. The van der Waals surface area contributed by atoms with Crippen LogP contribution in [0.1, 0.15) is 17.5 Å². The van der Waals surface area contributed by atoms with Crippen LogP contribution in [0.3, 0.4) is 0 Å². The zero-order valence-corrected chi connectivity index (χ0v) is 18.0. The molecule has 0 aromatic heterocycles. The summed E-state index contributed by atoms with van der Waals surface area (Å²) in [5.74, 6) is -0.817. The number of hydrogen-bond donors (Lipinski definition) is 0. The maximum absolute atomic E-state index is 12.7. The average Bonchev–Trinajstić information content (AvgIpc) is 3.22. The lowest BCUT2D eigenvalue weighted by molar-refractivity contribution is -0.384. The zero-order chi connectivity index (χ0) is 23.4. The third-order valence-corrected chi connectivity index (χ3v) is 5.52. The summed E-state index contributed by atoms with van der Waals surface area (Å²) in [4.78, 5) is 37.1. The predicted octanol–water partition coefficient (Wildman–Crippen LogP) is 4.15. The molecule has 0 bridgehead atoms. The molecule has 3 aromatic carbocycles. The molecule has 4 rings (SSSR count). The summed E-state index contributed by atoms with van der Waals surface area (Å²) in [6.45, 7) is 0.109. The van der Waals surface area contributed by atoms with Crippen LogP contribution in [0.25, 0.3) is 0 Å². The monoisotopic (exact) mass is 446 g/mol. The summed E-state index contributed by atoms with van der Waals surface area (Å²) in [6, 6.07) is 21.4. The first-order valence-corrected chi connectivity index (χ1v) is 10.4. The first-order valence-electron chi connectivity index (χ1n) is 10.4. The van der Waals surface area contributed by atoms with Gasteiger partial charge >= 0.3 is 5.97 Å². The largest absolute Gasteiger partial charge is 0.494 e. The summed E-state index contributed by atoms with van der Waals surface area (Å²) >= 11 is 0. The quantitative estimate of drug-likeness (QED) is 0.234. The molecule has 168 valence electrons. The number of ether oxygens (including phenoxy) is 2. The predicted molar refractivity (Wildman–Crippen MR) is 121 cm³/mol. The molecule has 0 unspecified atom stereocenters. The molecule has 0 N–H and O–H groups in total.